The number of nitrogens with one attached hydrogen (secondary N) is 2. The lowest BCUT2D eigenvalue weighted by molar-refractivity contribution is -0.135. The fourth-order valence-electron chi connectivity index (χ4n) is 10.8. The lowest BCUT2D eigenvalue weighted by Gasteiger charge is -2.45. The van der Waals surface area contributed by atoms with E-state index in [1.165, 1.54) is 0 Å². The van der Waals surface area contributed by atoms with Crippen molar-refractivity contribution in [1.29, 1.82) is 0 Å². The van der Waals surface area contributed by atoms with Crippen LogP contribution in [0, 0.1) is 24.7 Å². The first-order valence-electron chi connectivity index (χ1n) is 22.3. The molecule has 2 aromatic carbocycles. The monoisotopic (exact) mass is 852 g/mol. The highest BCUT2D eigenvalue weighted by atomic mass is 16.5. The Hall–Kier alpha value is -6.49. The SMILES string of the molecule is Cc1cc2cc(n1)-c1cnn(C)c1OC[C@H]1CC[C@H](C1)Cn1c(nc3ccc(N4CCN(CC5CN(c6cccc7c6n(C)c(=O)n7C6CCC(=O)NC6=O)C5)CC4)cc31)NC2=O. The van der Waals surface area contributed by atoms with E-state index in [4.69, 9.17) is 14.7 Å². The van der Waals surface area contributed by atoms with Crippen molar-refractivity contribution in [2.45, 2.75) is 51.6 Å². The van der Waals surface area contributed by atoms with Crippen molar-refractivity contribution in [2.75, 3.05) is 67.5 Å². The van der Waals surface area contributed by atoms with Gasteiger partial charge in [-0.2, -0.15) is 5.10 Å². The molecule has 5 aliphatic rings. The van der Waals surface area contributed by atoms with Crippen LogP contribution in [0.3, 0.4) is 0 Å². The van der Waals surface area contributed by atoms with Crippen molar-refractivity contribution in [3.8, 4) is 17.1 Å². The second kappa shape index (κ2) is 15.4. The molecular weight excluding hydrogens is 801 g/mol. The number of fused-ring (bicyclic) bond motifs is 10. The molecule has 3 amide bonds. The predicted octanol–water partition coefficient (Wildman–Crippen LogP) is 4.09. The molecule has 4 fully saturated rings. The molecule has 1 aliphatic carbocycles. The number of carbonyl (C=O) groups excluding carboxylic acids is 3. The molecule has 1 unspecified atom stereocenters. The number of piperidine rings is 1. The van der Waals surface area contributed by atoms with Gasteiger partial charge in [0.1, 0.15) is 6.04 Å². The molecule has 4 aromatic heterocycles. The summed E-state index contributed by atoms with van der Waals surface area (Å²) in [4.78, 5) is 69.1. The summed E-state index contributed by atoms with van der Waals surface area (Å²) in [5.74, 6) is 1.60. The molecule has 4 bridgehead atoms. The second-order valence-corrected chi connectivity index (χ2v) is 18.3. The van der Waals surface area contributed by atoms with Gasteiger partial charge in [0.25, 0.3) is 5.91 Å². The van der Waals surface area contributed by atoms with Gasteiger partial charge in [-0.1, -0.05) is 6.07 Å². The van der Waals surface area contributed by atoms with Gasteiger partial charge in [-0.3, -0.25) is 44.0 Å². The third-order valence-corrected chi connectivity index (χ3v) is 14.0. The molecular formula is C46H52N12O5. The molecule has 6 aromatic rings. The number of benzene rings is 2. The zero-order valence-corrected chi connectivity index (χ0v) is 35.9. The van der Waals surface area contributed by atoms with Crippen LogP contribution in [0.1, 0.15) is 54.2 Å². The summed E-state index contributed by atoms with van der Waals surface area (Å²) in [5, 5.41) is 10.1. The highest BCUT2D eigenvalue weighted by molar-refractivity contribution is 6.05. The lowest BCUT2D eigenvalue weighted by Crippen LogP contribution is -2.55. The second-order valence-electron chi connectivity index (χ2n) is 18.3. The Balaban J connectivity index is 0.777. The number of carbonyl (C=O) groups is 3. The van der Waals surface area contributed by atoms with Crippen LogP contribution in [0.25, 0.3) is 33.3 Å². The number of amides is 3. The molecule has 2 N–H and O–H groups in total. The van der Waals surface area contributed by atoms with Gasteiger partial charge in [0.2, 0.25) is 23.6 Å². The molecule has 4 aliphatic heterocycles. The summed E-state index contributed by atoms with van der Waals surface area (Å²) in [6.07, 6.45) is 5.46. The van der Waals surface area contributed by atoms with E-state index in [-0.39, 0.29) is 23.9 Å². The van der Waals surface area contributed by atoms with Crippen molar-refractivity contribution in [3.63, 3.8) is 0 Å². The van der Waals surface area contributed by atoms with Crippen molar-refractivity contribution in [3.05, 3.63) is 76.5 Å². The Morgan fingerprint density at radius 1 is 0.841 bits per heavy atom. The maximum atomic E-state index is 14.0. The first-order chi connectivity index (χ1) is 30.5. The van der Waals surface area contributed by atoms with Gasteiger partial charge >= 0.3 is 5.69 Å². The predicted molar refractivity (Wildman–Crippen MR) is 238 cm³/mol. The topological polar surface area (TPSA) is 170 Å². The Morgan fingerprint density at radius 2 is 1.67 bits per heavy atom. The smallest absolute Gasteiger partial charge is 0.329 e. The van der Waals surface area contributed by atoms with E-state index < -0.39 is 11.9 Å². The molecule has 17 nitrogen and oxygen atoms in total. The molecule has 1 saturated carbocycles. The van der Waals surface area contributed by atoms with Crippen molar-refractivity contribution < 1.29 is 19.1 Å². The number of rotatable bonds is 5. The molecule has 11 rings (SSSR count). The first-order valence-corrected chi connectivity index (χ1v) is 22.3. The molecule has 3 atom stereocenters. The number of anilines is 3. The van der Waals surface area contributed by atoms with Crippen molar-refractivity contribution >= 4 is 57.1 Å². The molecule has 63 heavy (non-hydrogen) atoms. The zero-order valence-electron chi connectivity index (χ0n) is 35.9. The number of ether oxygens (including phenoxy) is 1. The minimum absolute atomic E-state index is 0.213. The highest BCUT2D eigenvalue weighted by Gasteiger charge is 2.35. The molecule has 326 valence electrons. The van der Waals surface area contributed by atoms with Crippen LogP contribution in [0.15, 0.2) is 59.5 Å². The molecule has 3 saturated heterocycles. The Morgan fingerprint density at radius 3 is 2.49 bits per heavy atom. The van der Waals surface area contributed by atoms with Crippen LogP contribution < -0.4 is 30.9 Å². The number of nitrogens with zero attached hydrogens (tertiary/aromatic N) is 10. The van der Waals surface area contributed by atoms with E-state index in [9.17, 15) is 19.2 Å². The Labute approximate surface area is 363 Å². The minimum atomic E-state index is -0.704. The zero-order chi connectivity index (χ0) is 43.1. The number of hydrogen-bond acceptors (Lipinski definition) is 11. The summed E-state index contributed by atoms with van der Waals surface area (Å²) < 4.78 is 13.6. The van der Waals surface area contributed by atoms with Crippen LogP contribution in [-0.2, 0) is 30.2 Å². The van der Waals surface area contributed by atoms with E-state index in [1.807, 2.05) is 26.1 Å². The fourth-order valence-corrected chi connectivity index (χ4v) is 10.8. The number of piperazine rings is 1. The molecule has 0 spiro atoms. The van der Waals surface area contributed by atoms with Crippen LogP contribution in [-0.4, -0.2) is 108 Å². The Kier molecular flexibility index (Phi) is 9.62. The lowest BCUT2D eigenvalue weighted by atomic mass is 9.97. The van der Waals surface area contributed by atoms with E-state index in [1.54, 1.807) is 39.2 Å². The number of imidazole rings is 2. The maximum absolute atomic E-state index is 14.0. The Bertz CT molecular complexity index is 2880. The number of pyridine rings is 1. The number of imide groups is 1. The van der Waals surface area contributed by atoms with Gasteiger partial charge in [-0.15, -0.1) is 0 Å². The van der Waals surface area contributed by atoms with E-state index in [2.05, 4.69) is 59.3 Å². The van der Waals surface area contributed by atoms with E-state index in [0.717, 1.165) is 111 Å². The molecule has 8 heterocycles. The average Bonchev–Trinajstić information content (AvgIpc) is 4.02. The average molecular weight is 853 g/mol. The normalized spacial score (nSPS) is 22.3. The van der Waals surface area contributed by atoms with Gasteiger partial charge in [0.05, 0.1) is 51.8 Å². The van der Waals surface area contributed by atoms with Gasteiger partial charge in [0.15, 0.2) is 0 Å². The number of aromatic nitrogens is 7. The summed E-state index contributed by atoms with van der Waals surface area (Å²) in [6, 6.07) is 15.3. The largest absolute Gasteiger partial charge is 0.477 e. The van der Waals surface area contributed by atoms with Crippen LogP contribution >= 0.6 is 0 Å². The standard InChI is InChI=1S/C46H52N12O5/c1-27-17-31-19-35(48-27)33-21-47-53(3)44(33)63-26-29-8-7-28(18-29)25-57-39-20-32(9-10-34(39)49-45(57)51-42(31)60)55-15-13-54(14-16-55)22-30-23-56(24-30)36-5-4-6-37-41(36)52(2)46(62)58(37)38-11-12-40(59)50-43(38)61/h4-6,9-10,17,19-21,28-30,38H,7-8,11-16,18,22-26H2,1-3H3,(H,49,51,60)(H,50,59,61)/t28-,29+,38?/m1/s1. The molecule has 0 radical (unpaired) electrons. The third kappa shape index (κ3) is 7.02. The fraction of sp³-hybridized carbons (Fsp3) is 0.457. The molecule has 17 heteroatoms. The summed E-state index contributed by atoms with van der Waals surface area (Å²) >= 11 is 0. The number of para-hydroxylation sites is 1. The van der Waals surface area contributed by atoms with E-state index >= 15 is 0 Å². The van der Waals surface area contributed by atoms with Gasteiger partial charge in [-0.05, 0) is 86.9 Å². The quantitative estimate of drug-likeness (QED) is 0.240. The van der Waals surface area contributed by atoms with Gasteiger partial charge in [-0.25, -0.2) is 14.5 Å². The van der Waals surface area contributed by atoms with Gasteiger partial charge < -0.3 is 19.1 Å². The van der Waals surface area contributed by atoms with Crippen molar-refractivity contribution in [2.24, 2.45) is 31.8 Å². The van der Waals surface area contributed by atoms with Crippen LogP contribution in [0.2, 0.25) is 0 Å². The van der Waals surface area contributed by atoms with E-state index in [0.29, 0.717) is 59.4 Å². The first kappa shape index (κ1) is 39.4. The van der Waals surface area contributed by atoms with Crippen LogP contribution in [0.4, 0.5) is 17.3 Å². The minimum Gasteiger partial charge on any atom is -0.477 e. The summed E-state index contributed by atoms with van der Waals surface area (Å²) in [6.45, 7) is 9.74. The van der Waals surface area contributed by atoms with Crippen LogP contribution in [0.5, 0.6) is 5.88 Å². The number of aryl methyl sites for hydroxylation is 3. The summed E-state index contributed by atoms with van der Waals surface area (Å²) in [7, 11) is 3.63. The summed E-state index contributed by atoms with van der Waals surface area (Å²) in [5.41, 5.74) is 7.97. The highest BCUT2D eigenvalue weighted by Crippen LogP contribution is 2.38. The van der Waals surface area contributed by atoms with Gasteiger partial charge in [0, 0.05) is 95.7 Å². The number of hydrogen-bond donors (Lipinski definition) is 2. The maximum Gasteiger partial charge on any atom is 0.329 e. The van der Waals surface area contributed by atoms with Crippen molar-refractivity contribution in [1.82, 2.24) is 43.7 Å². The third-order valence-electron chi connectivity index (χ3n) is 14.0.